The van der Waals surface area contributed by atoms with Crippen molar-refractivity contribution in [2.75, 3.05) is 31.1 Å². The third kappa shape index (κ3) is 4.61. The maximum absolute atomic E-state index is 6.70. The van der Waals surface area contributed by atoms with Gasteiger partial charge in [0.25, 0.3) is 0 Å². The average Bonchev–Trinajstić information content (AvgIpc) is 3.75. The van der Waals surface area contributed by atoms with Crippen LogP contribution in [0.1, 0.15) is 64.1 Å². The zero-order valence-corrected chi connectivity index (χ0v) is 23.1. The number of H-pyrrole nitrogens is 1. The molecule has 39 heavy (non-hydrogen) atoms. The lowest BCUT2D eigenvalue weighted by atomic mass is 9.90. The van der Waals surface area contributed by atoms with Crippen LogP contribution in [0.25, 0.3) is 11.3 Å². The summed E-state index contributed by atoms with van der Waals surface area (Å²) >= 11 is 0. The lowest BCUT2D eigenvalue weighted by Crippen LogP contribution is -2.49. The SMILES string of the molecule is CC1=C2/C=C(C3(C)CN=C([C@@H]4CCCN4)N3)\C=C\CCCN1c1ccc(-c3ccc([C@@H]4CCCN4)[nH]3)cc1O2. The summed E-state index contributed by atoms with van der Waals surface area (Å²) < 4.78 is 6.70. The van der Waals surface area contributed by atoms with Gasteiger partial charge in [-0.3, -0.25) is 4.99 Å². The molecule has 2 saturated heterocycles. The standard InChI is InChI=1S/C32H40N6O/c1-21-29-19-23(32(2)20-35-31(37-32)27-10-7-16-34-27)8-4-3-5-17-38(21)28-14-11-22(18-30(28)39-29)24-12-13-26(36-24)25-9-6-15-33-25/h4,8,11-14,18-19,25,27,33-34,36H,3,5-7,9-10,15-17,20H2,1-2H3,(H,35,37)/b8-4+,23-19+/t25-,27-,32?/m0/s1. The third-order valence-corrected chi connectivity index (χ3v) is 9.02. The Bertz CT molecular complexity index is 1370. The predicted octanol–water partition coefficient (Wildman–Crippen LogP) is 5.33. The summed E-state index contributed by atoms with van der Waals surface area (Å²) in [6, 6.07) is 11.8. The van der Waals surface area contributed by atoms with Crippen LogP contribution in [0.15, 0.2) is 70.6 Å². The number of allylic oxidation sites excluding steroid dienone is 3. The van der Waals surface area contributed by atoms with Gasteiger partial charge in [-0.1, -0.05) is 18.2 Å². The van der Waals surface area contributed by atoms with Gasteiger partial charge in [0.1, 0.15) is 11.6 Å². The normalized spacial score (nSPS) is 30.8. The number of anilines is 1. The fourth-order valence-corrected chi connectivity index (χ4v) is 6.64. The van der Waals surface area contributed by atoms with E-state index in [1.807, 2.05) is 0 Å². The highest BCUT2D eigenvalue weighted by Gasteiger charge is 2.37. The van der Waals surface area contributed by atoms with Gasteiger partial charge in [0.15, 0.2) is 5.75 Å². The first-order chi connectivity index (χ1) is 19.1. The molecular formula is C32H40N6O. The van der Waals surface area contributed by atoms with Crippen LogP contribution in [-0.4, -0.2) is 48.6 Å². The van der Waals surface area contributed by atoms with E-state index < -0.39 is 0 Å². The van der Waals surface area contributed by atoms with Crippen molar-refractivity contribution >= 4 is 11.5 Å². The van der Waals surface area contributed by atoms with Crippen molar-refractivity contribution in [3.8, 4) is 17.0 Å². The van der Waals surface area contributed by atoms with Gasteiger partial charge in [-0.2, -0.15) is 0 Å². The molecule has 0 amide bonds. The number of benzene rings is 1. The molecule has 3 atom stereocenters. The fourth-order valence-electron chi connectivity index (χ4n) is 6.64. The van der Waals surface area contributed by atoms with Crippen LogP contribution in [0.3, 0.4) is 0 Å². The van der Waals surface area contributed by atoms with Crippen molar-refractivity contribution in [3.63, 3.8) is 0 Å². The minimum absolute atomic E-state index is 0.256. The van der Waals surface area contributed by atoms with Gasteiger partial charge in [-0.15, -0.1) is 0 Å². The van der Waals surface area contributed by atoms with Crippen LogP contribution >= 0.6 is 0 Å². The van der Waals surface area contributed by atoms with E-state index in [0.717, 1.165) is 85.4 Å². The molecule has 7 rings (SSSR count). The van der Waals surface area contributed by atoms with E-state index in [2.05, 4.69) is 88.2 Å². The van der Waals surface area contributed by atoms with E-state index in [-0.39, 0.29) is 5.54 Å². The molecule has 5 aliphatic heterocycles. The molecule has 7 heteroatoms. The number of ether oxygens (including phenoxy) is 1. The summed E-state index contributed by atoms with van der Waals surface area (Å²) in [7, 11) is 0. The Labute approximate surface area is 231 Å². The molecule has 7 nitrogen and oxygen atoms in total. The number of nitrogens with one attached hydrogen (secondary N) is 4. The highest BCUT2D eigenvalue weighted by atomic mass is 16.5. The minimum Gasteiger partial charge on any atom is -0.453 e. The quantitative estimate of drug-likeness (QED) is 0.435. The number of fused-ring (bicyclic) bond motifs is 3. The molecule has 4 N–H and O–H groups in total. The van der Waals surface area contributed by atoms with Gasteiger partial charge >= 0.3 is 0 Å². The summed E-state index contributed by atoms with van der Waals surface area (Å²) in [5.74, 6) is 2.94. The first kappa shape index (κ1) is 24.7. The number of nitrogens with zero attached hydrogens (tertiary/aromatic N) is 2. The fraction of sp³-hybridized carbons (Fsp3) is 0.469. The first-order valence-electron chi connectivity index (χ1n) is 14.7. The zero-order valence-electron chi connectivity index (χ0n) is 23.1. The van der Waals surface area contributed by atoms with Gasteiger partial charge in [0.05, 0.1) is 29.5 Å². The predicted molar refractivity (Wildman–Crippen MR) is 158 cm³/mol. The average molecular weight is 525 g/mol. The Hall–Kier alpha value is -3.29. The van der Waals surface area contributed by atoms with Gasteiger partial charge in [-0.25, -0.2) is 0 Å². The Morgan fingerprint density at radius 1 is 1.03 bits per heavy atom. The van der Waals surface area contributed by atoms with Crippen LogP contribution in [0.5, 0.6) is 5.75 Å². The Morgan fingerprint density at radius 3 is 2.69 bits per heavy atom. The van der Waals surface area contributed by atoms with Gasteiger partial charge < -0.3 is 30.6 Å². The smallest absolute Gasteiger partial charge is 0.151 e. The summed E-state index contributed by atoms with van der Waals surface area (Å²) in [6.07, 6.45) is 13.8. The molecule has 204 valence electrons. The number of aliphatic imine (C=N–C) groups is 1. The summed E-state index contributed by atoms with van der Waals surface area (Å²) in [4.78, 5) is 11.0. The Kier molecular flexibility index (Phi) is 6.36. The molecule has 6 heterocycles. The molecule has 0 spiro atoms. The lowest BCUT2D eigenvalue weighted by Gasteiger charge is -2.35. The van der Waals surface area contributed by atoms with E-state index >= 15 is 0 Å². The molecule has 2 fully saturated rings. The molecule has 1 unspecified atom stereocenters. The van der Waals surface area contributed by atoms with Gasteiger partial charge in [0.2, 0.25) is 0 Å². The van der Waals surface area contributed by atoms with Crippen molar-refractivity contribution in [2.24, 2.45) is 4.99 Å². The minimum atomic E-state index is -0.256. The van der Waals surface area contributed by atoms with Crippen molar-refractivity contribution in [3.05, 3.63) is 71.3 Å². The molecule has 5 aliphatic rings. The second-order valence-corrected chi connectivity index (χ2v) is 11.8. The van der Waals surface area contributed by atoms with Crippen molar-refractivity contribution in [1.82, 2.24) is 20.9 Å². The Morgan fingerprint density at radius 2 is 1.87 bits per heavy atom. The van der Waals surface area contributed by atoms with E-state index in [9.17, 15) is 0 Å². The first-order valence-corrected chi connectivity index (χ1v) is 14.7. The van der Waals surface area contributed by atoms with Crippen molar-refractivity contribution in [1.29, 1.82) is 0 Å². The van der Waals surface area contributed by atoms with E-state index in [1.54, 1.807) is 0 Å². The van der Waals surface area contributed by atoms with Crippen LogP contribution in [0.4, 0.5) is 5.69 Å². The second-order valence-electron chi connectivity index (χ2n) is 11.8. The highest BCUT2D eigenvalue weighted by Crippen LogP contribution is 2.42. The molecule has 1 aromatic heterocycles. The molecule has 2 aromatic rings. The summed E-state index contributed by atoms with van der Waals surface area (Å²) in [6.45, 7) is 8.33. The molecule has 0 aliphatic carbocycles. The van der Waals surface area contributed by atoms with Crippen LogP contribution < -0.4 is 25.6 Å². The molecule has 2 bridgehead atoms. The monoisotopic (exact) mass is 524 g/mol. The van der Waals surface area contributed by atoms with Gasteiger partial charge in [-0.05, 0) is 101 Å². The maximum Gasteiger partial charge on any atom is 0.151 e. The van der Waals surface area contributed by atoms with E-state index in [1.165, 1.54) is 30.5 Å². The van der Waals surface area contributed by atoms with Crippen molar-refractivity contribution in [2.45, 2.75) is 70.0 Å². The van der Waals surface area contributed by atoms with E-state index in [4.69, 9.17) is 9.73 Å². The second kappa shape index (κ2) is 10.0. The van der Waals surface area contributed by atoms with Crippen LogP contribution in [-0.2, 0) is 0 Å². The number of aromatic amines is 1. The molecule has 0 radical (unpaired) electrons. The summed E-state index contributed by atoms with van der Waals surface area (Å²) in [5.41, 5.74) is 6.83. The van der Waals surface area contributed by atoms with Crippen LogP contribution in [0.2, 0.25) is 0 Å². The number of hydrogen-bond donors (Lipinski definition) is 4. The summed E-state index contributed by atoms with van der Waals surface area (Å²) in [5, 5.41) is 11.0. The molecular weight excluding hydrogens is 484 g/mol. The highest BCUT2D eigenvalue weighted by molar-refractivity contribution is 5.90. The number of amidine groups is 1. The molecule has 0 saturated carbocycles. The third-order valence-electron chi connectivity index (χ3n) is 9.02. The Balaban J connectivity index is 1.20. The number of hydrogen-bond acceptors (Lipinski definition) is 6. The van der Waals surface area contributed by atoms with E-state index in [0.29, 0.717) is 12.1 Å². The topological polar surface area (TPSA) is 76.7 Å². The van der Waals surface area contributed by atoms with Crippen LogP contribution in [0, 0.1) is 0 Å². The van der Waals surface area contributed by atoms with Crippen molar-refractivity contribution < 1.29 is 4.74 Å². The maximum atomic E-state index is 6.70. The number of aromatic nitrogens is 1. The zero-order chi connectivity index (χ0) is 26.4. The van der Waals surface area contributed by atoms with Gasteiger partial charge in [0, 0.05) is 29.5 Å². The largest absolute Gasteiger partial charge is 0.453 e. The lowest BCUT2D eigenvalue weighted by molar-refractivity contribution is 0.420. The number of rotatable bonds is 4. The molecule has 1 aromatic carbocycles.